The number of carbonyl (C=O) groups is 1. The minimum Gasteiger partial charge on any atom is -0.268 e. The maximum atomic E-state index is 12.4. The van der Waals surface area contributed by atoms with Gasteiger partial charge in [0, 0.05) is 18.2 Å². The molecule has 1 aromatic carbocycles. The van der Waals surface area contributed by atoms with Crippen molar-refractivity contribution in [3.05, 3.63) is 59.3 Å². The van der Waals surface area contributed by atoms with Crippen LogP contribution in [0.3, 0.4) is 0 Å². The molecule has 0 saturated carbocycles. The van der Waals surface area contributed by atoms with Crippen LogP contribution in [0.25, 0.3) is 0 Å². The summed E-state index contributed by atoms with van der Waals surface area (Å²) in [7, 11) is -4.23. The van der Waals surface area contributed by atoms with E-state index in [-0.39, 0.29) is 16.2 Å². The van der Waals surface area contributed by atoms with Gasteiger partial charge in [0.05, 0.1) is 0 Å². The van der Waals surface area contributed by atoms with E-state index in [1.165, 1.54) is 43.5 Å². The highest BCUT2D eigenvalue weighted by Crippen LogP contribution is 2.23. The smallest absolute Gasteiger partial charge is 0.268 e. The number of aromatic nitrogens is 1. The molecule has 9 heteroatoms. The Hall–Kier alpha value is -2.42. The second kappa shape index (κ2) is 7.22. The van der Waals surface area contributed by atoms with Crippen LogP contribution >= 0.6 is 0 Å². The summed E-state index contributed by atoms with van der Waals surface area (Å²) < 4.78 is 63.7. The van der Waals surface area contributed by atoms with Crippen LogP contribution in [0.1, 0.15) is 27.9 Å². The van der Waals surface area contributed by atoms with Crippen LogP contribution in [-0.2, 0) is 16.4 Å². The fourth-order valence-electron chi connectivity index (χ4n) is 2.21. The highest BCUT2D eigenvalue weighted by atomic mass is 32.2. The molecule has 0 aliphatic heterocycles. The zero-order valence-electron chi connectivity index (χ0n) is 13.2. The fraction of sp³-hybridized carbons (Fsp3) is 0.250. The molecule has 0 radical (unpaired) electrons. The van der Waals surface area contributed by atoms with E-state index in [2.05, 4.69) is 4.98 Å². The summed E-state index contributed by atoms with van der Waals surface area (Å²) in [5, 5.41) is -0.309. The Labute approximate surface area is 143 Å². The molecule has 1 aromatic heterocycles. The van der Waals surface area contributed by atoms with E-state index in [0.29, 0.717) is 5.56 Å². The van der Waals surface area contributed by atoms with Crippen LogP contribution < -0.4 is 4.72 Å². The van der Waals surface area contributed by atoms with E-state index in [1.54, 1.807) is 6.07 Å². The van der Waals surface area contributed by atoms with Gasteiger partial charge in [-0.1, -0.05) is 24.3 Å². The summed E-state index contributed by atoms with van der Waals surface area (Å²) in [5.41, 5.74) is 0.335. The first-order chi connectivity index (χ1) is 11.6. The lowest BCUT2D eigenvalue weighted by Gasteiger charge is -2.12. The number of benzene rings is 1. The number of rotatable bonds is 5. The molecule has 0 saturated heterocycles. The summed E-state index contributed by atoms with van der Waals surface area (Å²) in [6.07, 6.45) is -4.64. The minimum absolute atomic E-state index is 0.116. The highest BCUT2D eigenvalue weighted by molar-refractivity contribution is 7.90. The lowest BCUT2D eigenvalue weighted by atomic mass is 10.0. The second-order valence-corrected chi connectivity index (χ2v) is 6.93. The molecule has 134 valence electrons. The summed E-state index contributed by atoms with van der Waals surface area (Å²) in [4.78, 5) is 16.0. The first-order valence-electron chi connectivity index (χ1n) is 7.23. The zero-order valence-corrected chi connectivity index (χ0v) is 14.0. The molecule has 2 aromatic rings. The van der Waals surface area contributed by atoms with Crippen molar-refractivity contribution in [3.63, 3.8) is 0 Å². The number of amides is 1. The average Bonchev–Trinajstić information content (AvgIpc) is 2.52. The third-order valence-electron chi connectivity index (χ3n) is 3.38. The van der Waals surface area contributed by atoms with Crippen LogP contribution in [0.5, 0.6) is 0 Å². The van der Waals surface area contributed by atoms with Crippen molar-refractivity contribution in [2.75, 3.05) is 0 Å². The number of nitrogens with zero attached hydrogens (tertiary/aromatic N) is 1. The largest absolute Gasteiger partial charge is 0.389 e. The van der Waals surface area contributed by atoms with Crippen molar-refractivity contribution in [2.24, 2.45) is 0 Å². The van der Waals surface area contributed by atoms with Crippen molar-refractivity contribution >= 4 is 15.9 Å². The fourth-order valence-corrected chi connectivity index (χ4v) is 3.36. The number of hydrogen-bond donors (Lipinski definition) is 1. The molecule has 1 amide bonds. The Bertz CT molecular complexity index is 880. The molecule has 0 spiro atoms. The average molecular weight is 372 g/mol. The Balaban J connectivity index is 2.26. The summed E-state index contributed by atoms with van der Waals surface area (Å²) in [6.45, 7) is 1.52. The second-order valence-electron chi connectivity index (χ2n) is 5.33. The first-order valence-corrected chi connectivity index (χ1v) is 8.72. The predicted molar refractivity (Wildman–Crippen MR) is 84.4 cm³/mol. The molecular weight excluding hydrogens is 357 g/mol. The van der Waals surface area contributed by atoms with Crippen molar-refractivity contribution in [1.82, 2.24) is 9.71 Å². The molecule has 0 aliphatic carbocycles. The van der Waals surface area contributed by atoms with Crippen LogP contribution in [0.4, 0.5) is 13.2 Å². The summed E-state index contributed by atoms with van der Waals surface area (Å²) in [6, 6.07) is 8.64. The number of hydrogen-bond acceptors (Lipinski definition) is 4. The molecule has 1 heterocycles. The van der Waals surface area contributed by atoms with Crippen molar-refractivity contribution in [1.29, 1.82) is 0 Å². The Morgan fingerprint density at radius 1 is 1.16 bits per heavy atom. The van der Waals surface area contributed by atoms with E-state index in [9.17, 15) is 26.4 Å². The number of pyridine rings is 1. The Morgan fingerprint density at radius 3 is 2.48 bits per heavy atom. The van der Waals surface area contributed by atoms with E-state index in [1.807, 2.05) is 4.72 Å². The van der Waals surface area contributed by atoms with Gasteiger partial charge < -0.3 is 0 Å². The standard InChI is InChI=1S/C16H15F3N2O3S/c1-11-5-4-10-20-15(11)25(23,24)21-14(22)13-7-3-2-6-12(13)8-9-16(17,18)19/h2-7,10H,8-9H2,1H3,(H,21,22). The number of aryl methyl sites for hydroxylation is 2. The van der Waals surface area contributed by atoms with E-state index in [0.717, 1.165) is 0 Å². The summed E-state index contributed by atoms with van der Waals surface area (Å²) in [5.74, 6) is -0.997. The van der Waals surface area contributed by atoms with Crippen LogP contribution in [-0.4, -0.2) is 25.5 Å². The first kappa shape index (κ1) is 18.9. The quantitative estimate of drug-likeness (QED) is 0.875. The third kappa shape index (κ3) is 5.02. The lowest BCUT2D eigenvalue weighted by Crippen LogP contribution is -2.32. The number of halogens is 3. The van der Waals surface area contributed by atoms with Crippen molar-refractivity contribution in [2.45, 2.75) is 31.0 Å². The molecule has 1 N–H and O–H groups in total. The SMILES string of the molecule is Cc1cccnc1S(=O)(=O)NC(=O)c1ccccc1CCC(F)(F)F. The van der Waals surface area contributed by atoms with E-state index < -0.39 is 34.9 Å². The van der Waals surface area contributed by atoms with Gasteiger partial charge in [0.15, 0.2) is 5.03 Å². The molecule has 0 fully saturated rings. The van der Waals surface area contributed by atoms with Gasteiger partial charge in [0.1, 0.15) is 0 Å². The van der Waals surface area contributed by atoms with Crippen LogP contribution in [0.2, 0.25) is 0 Å². The van der Waals surface area contributed by atoms with Gasteiger partial charge in [-0.15, -0.1) is 0 Å². The molecule has 0 bridgehead atoms. The number of alkyl halides is 3. The molecular formula is C16H15F3N2O3S. The van der Waals surface area contributed by atoms with Gasteiger partial charge in [-0.2, -0.15) is 21.6 Å². The normalized spacial score (nSPS) is 12.0. The van der Waals surface area contributed by atoms with Crippen LogP contribution in [0, 0.1) is 6.92 Å². The molecule has 5 nitrogen and oxygen atoms in total. The topological polar surface area (TPSA) is 76.1 Å². The van der Waals surface area contributed by atoms with Gasteiger partial charge in [-0.25, -0.2) is 9.71 Å². The van der Waals surface area contributed by atoms with Gasteiger partial charge >= 0.3 is 6.18 Å². The van der Waals surface area contributed by atoms with Gasteiger partial charge in [0.2, 0.25) is 0 Å². The third-order valence-corrected chi connectivity index (χ3v) is 4.77. The van der Waals surface area contributed by atoms with Crippen LogP contribution in [0.15, 0.2) is 47.6 Å². The van der Waals surface area contributed by atoms with Gasteiger partial charge in [-0.3, -0.25) is 4.79 Å². The molecule has 0 unspecified atom stereocenters. The molecule has 0 atom stereocenters. The minimum atomic E-state index is -4.37. The van der Waals surface area contributed by atoms with Gasteiger partial charge in [-0.05, 0) is 36.6 Å². The predicted octanol–water partition coefficient (Wildman–Crippen LogP) is 3.00. The van der Waals surface area contributed by atoms with Crippen molar-refractivity contribution < 1.29 is 26.4 Å². The Kier molecular flexibility index (Phi) is 5.46. The lowest BCUT2D eigenvalue weighted by molar-refractivity contribution is -0.134. The Morgan fingerprint density at radius 2 is 1.84 bits per heavy atom. The number of nitrogens with one attached hydrogen (secondary N) is 1. The zero-order chi connectivity index (χ0) is 18.7. The molecule has 25 heavy (non-hydrogen) atoms. The number of carbonyl (C=O) groups excluding carboxylic acids is 1. The number of sulfonamides is 1. The maximum absolute atomic E-state index is 12.4. The van der Waals surface area contributed by atoms with E-state index >= 15 is 0 Å². The maximum Gasteiger partial charge on any atom is 0.389 e. The highest BCUT2D eigenvalue weighted by Gasteiger charge is 2.28. The van der Waals surface area contributed by atoms with Crippen molar-refractivity contribution in [3.8, 4) is 0 Å². The molecule has 0 aliphatic rings. The molecule has 2 rings (SSSR count). The van der Waals surface area contributed by atoms with E-state index in [4.69, 9.17) is 0 Å². The summed E-state index contributed by atoms with van der Waals surface area (Å²) >= 11 is 0. The van der Waals surface area contributed by atoms with Gasteiger partial charge in [0.25, 0.3) is 15.9 Å². The monoisotopic (exact) mass is 372 g/mol.